The third-order valence-corrected chi connectivity index (χ3v) is 7.83. The number of aliphatic imine (C=N–C) groups is 1. The maximum atomic E-state index is 14.1. The van der Waals surface area contributed by atoms with E-state index >= 15 is 0 Å². The zero-order valence-electron chi connectivity index (χ0n) is 22.1. The number of aliphatic carboxylic acids is 1. The molecule has 1 aliphatic carbocycles. The number of carboxylic acids is 1. The van der Waals surface area contributed by atoms with Gasteiger partial charge in [0.2, 0.25) is 0 Å². The van der Waals surface area contributed by atoms with Crippen LogP contribution in [0.25, 0.3) is 0 Å². The topological polar surface area (TPSA) is 99.1 Å². The van der Waals surface area contributed by atoms with Crippen LogP contribution in [0.4, 0.5) is 4.39 Å². The molecule has 2 aromatic rings. The maximum absolute atomic E-state index is 14.1. The molecule has 2 amide bonds. The van der Waals surface area contributed by atoms with E-state index < -0.39 is 17.4 Å². The van der Waals surface area contributed by atoms with Crippen LogP contribution in [0.2, 0.25) is 0 Å². The molecule has 2 aliphatic rings. The molecule has 1 spiro atoms. The summed E-state index contributed by atoms with van der Waals surface area (Å²) in [5.74, 6) is -1.29. The molecule has 1 fully saturated rings. The quantitative estimate of drug-likeness (QED) is 0.431. The molecule has 1 atom stereocenters. The Kier molecular flexibility index (Phi) is 8.59. The summed E-state index contributed by atoms with van der Waals surface area (Å²) in [6.07, 6.45) is 6.01. The number of amides is 2. The molecule has 8 heteroatoms. The average Bonchev–Trinajstić information content (AvgIpc) is 3.18. The number of nitrogens with one attached hydrogen (secondary N) is 1. The first-order chi connectivity index (χ1) is 18.3. The molecule has 0 saturated heterocycles. The predicted octanol–water partition coefficient (Wildman–Crippen LogP) is 5.50. The van der Waals surface area contributed by atoms with Gasteiger partial charge in [-0.2, -0.15) is 0 Å². The molecule has 0 bridgehead atoms. The minimum Gasteiger partial charge on any atom is -0.481 e. The summed E-state index contributed by atoms with van der Waals surface area (Å²) < 4.78 is 14.1. The van der Waals surface area contributed by atoms with E-state index in [1.807, 2.05) is 17.0 Å². The van der Waals surface area contributed by atoms with Crippen molar-refractivity contribution in [3.8, 4) is 0 Å². The molecule has 202 valence electrons. The van der Waals surface area contributed by atoms with Gasteiger partial charge >= 0.3 is 5.97 Å². The van der Waals surface area contributed by atoms with Crippen molar-refractivity contribution in [1.82, 2.24) is 10.2 Å². The standard InChI is InChI=1S/C30H36FN3O4/c1-3-6-25(21-9-11-22(12-10-21)28(37)32-18-15-26(35)36)34-29(38)27(23-7-5-8-24(31)19-23)33-30(34)16-13-20(4-2)14-17-30/h5,7-12,19-20,25H,3-4,6,13-18H2,1-2H3,(H,32,37)(H,35,36)/t20?,25-,30?/m1/s1. The first-order valence-corrected chi connectivity index (χ1v) is 13.6. The molecule has 1 aliphatic heterocycles. The number of nitrogens with zero attached hydrogens (tertiary/aromatic N) is 2. The van der Waals surface area contributed by atoms with E-state index in [-0.39, 0.29) is 30.8 Å². The van der Waals surface area contributed by atoms with Crippen LogP contribution in [-0.2, 0) is 9.59 Å². The second kappa shape index (κ2) is 11.9. The maximum Gasteiger partial charge on any atom is 0.305 e. The highest BCUT2D eigenvalue weighted by Crippen LogP contribution is 2.47. The van der Waals surface area contributed by atoms with Gasteiger partial charge in [-0.15, -0.1) is 0 Å². The average molecular weight is 522 g/mol. The first kappa shape index (κ1) is 27.5. The molecular formula is C30H36FN3O4. The molecule has 7 nitrogen and oxygen atoms in total. The number of halogens is 1. The van der Waals surface area contributed by atoms with Gasteiger partial charge in [0.1, 0.15) is 17.2 Å². The van der Waals surface area contributed by atoms with Crippen molar-refractivity contribution >= 4 is 23.5 Å². The van der Waals surface area contributed by atoms with E-state index in [0.717, 1.165) is 50.5 Å². The van der Waals surface area contributed by atoms with E-state index in [9.17, 15) is 18.8 Å². The molecule has 4 rings (SSSR count). The van der Waals surface area contributed by atoms with Crippen molar-refractivity contribution in [3.63, 3.8) is 0 Å². The SMILES string of the molecule is CCC[C@H](c1ccc(C(=O)NCCC(=O)O)cc1)N1C(=O)C(c2cccc(F)c2)=NC12CCC(CC)CC2. The zero-order valence-corrected chi connectivity index (χ0v) is 22.1. The lowest BCUT2D eigenvalue weighted by atomic mass is 9.79. The van der Waals surface area contributed by atoms with Crippen molar-refractivity contribution < 1.29 is 23.9 Å². The number of benzene rings is 2. The van der Waals surface area contributed by atoms with Crippen LogP contribution in [0.3, 0.4) is 0 Å². The third-order valence-electron chi connectivity index (χ3n) is 7.83. The minimum absolute atomic E-state index is 0.0537. The molecule has 1 heterocycles. The fraction of sp³-hybridized carbons (Fsp3) is 0.467. The van der Waals surface area contributed by atoms with Crippen LogP contribution < -0.4 is 5.32 Å². The normalized spacial score (nSPS) is 21.9. The van der Waals surface area contributed by atoms with E-state index in [4.69, 9.17) is 10.1 Å². The van der Waals surface area contributed by atoms with Gasteiger partial charge < -0.3 is 15.3 Å². The predicted molar refractivity (Wildman–Crippen MR) is 143 cm³/mol. The lowest BCUT2D eigenvalue weighted by Crippen LogP contribution is -2.50. The van der Waals surface area contributed by atoms with Crippen LogP contribution in [0, 0.1) is 11.7 Å². The summed E-state index contributed by atoms with van der Waals surface area (Å²) >= 11 is 0. The van der Waals surface area contributed by atoms with Gasteiger partial charge in [-0.1, -0.05) is 51.0 Å². The third kappa shape index (κ3) is 5.79. The van der Waals surface area contributed by atoms with Crippen molar-refractivity contribution in [2.24, 2.45) is 10.9 Å². The van der Waals surface area contributed by atoms with Crippen LogP contribution >= 0.6 is 0 Å². The molecule has 2 N–H and O–H groups in total. The van der Waals surface area contributed by atoms with Crippen LogP contribution in [-0.4, -0.2) is 45.7 Å². The second-order valence-electron chi connectivity index (χ2n) is 10.3. The zero-order chi connectivity index (χ0) is 27.3. The number of hydrogen-bond donors (Lipinski definition) is 2. The Bertz CT molecular complexity index is 1200. The van der Waals surface area contributed by atoms with E-state index in [0.29, 0.717) is 22.8 Å². The summed E-state index contributed by atoms with van der Waals surface area (Å²) in [4.78, 5) is 44.2. The van der Waals surface area contributed by atoms with Gasteiger partial charge in [-0.05, 0) is 67.9 Å². The van der Waals surface area contributed by atoms with Crippen LogP contribution in [0.5, 0.6) is 0 Å². The monoisotopic (exact) mass is 521 g/mol. The lowest BCUT2D eigenvalue weighted by Gasteiger charge is -2.45. The molecule has 38 heavy (non-hydrogen) atoms. The molecule has 0 radical (unpaired) electrons. The van der Waals surface area contributed by atoms with Gasteiger partial charge in [0.05, 0.1) is 12.5 Å². The van der Waals surface area contributed by atoms with Crippen LogP contribution in [0.1, 0.15) is 92.7 Å². The Hall–Kier alpha value is -3.55. The van der Waals surface area contributed by atoms with Crippen molar-refractivity contribution in [2.45, 2.75) is 76.9 Å². The number of carboxylic acid groups (broad SMARTS) is 1. The lowest BCUT2D eigenvalue weighted by molar-refractivity contribution is -0.137. The Morgan fingerprint density at radius 2 is 1.87 bits per heavy atom. The number of carbonyl (C=O) groups excluding carboxylic acids is 2. The highest BCUT2D eigenvalue weighted by molar-refractivity contribution is 6.46. The first-order valence-electron chi connectivity index (χ1n) is 13.6. The van der Waals surface area contributed by atoms with E-state index in [1.165, 1.54) is 12.1 Å². The minimum atomic E-state index is -0.972. The van der Waals surface area contributed by atoms with Gasteiger partial charge in [0, 0.05) is 17.7 Å². The highest BCUT2D eigenvalue weighted by Gasteiger charge is 2.51. The van der Waals surface area contributed by atoms with Gasteiger partial charge in [-0.3, -0.25) is 19.4 Å². The van der Waals surface area contributed by atoms with Crippen molar-refractivity contribution in [2.75, 3.05) is 6.54 Å². The largest absolute Gasteiger partial charge is 0.481 e. The molecule has 1 saturated carbocycles. The fourth-order valence-corrected chi connectivity index (χ4v) is 5.73. The van der Waals surface area contributed by atoms with Crippen molar-refractivity contribution in [3.05, 3.63) is 71.0 Å². The van der Waals surface area contributed by atoms with Gasteiger partial charge in [0.25, 0.3) is 11.8 Å². The number of rotatable bonds is 10. The highest BCUT2D eigenvalue weighted by atomic mass is 19.1. The number of hydrogen-bond acceptors (Lipinski definition) is 4. The Morgan fingerprint density at radius 3 is 2.47 bits per heavy atom. The Morgan fingerprint density at radius 1 is 1.16 bits per heavy atom. The summed E-state index contributed by atoms with van der Waals surface area (Å²) in [5, 5.41) is 11.4. The van der Waals surface area contributed by atoms with E-state index in [1.54, 1.807) is 24.3 Å². The van der Waals surface area contributed by atoms with E-state index in [2.05, 4.69) is 19.2 Å². The fourth-order valence-electron chi connectivity index (χ4n) is 5.73. The second-order valence-corrected chi connectivity index (χ2v) is 10.3. The number of carbonyl (C=O) groups is 3. The van der Waals surface area contributed by atoms with Gasteiger partial charge in [-0.25, -0.2) is 4.39 Å². The summed E-state index contributed by atoms with van der Waals surface area (Å²) in [5.41, 5.74) is 1.48. The molecule has 2 aromatic carbocycles. The Balaban J connectivity index is 1.65. The van der Waals surface area contributed by atoms with Gasteiger partial charge in [0.15, 0.2) is 0 Å². The summed E-state index contributed by atoms with van der Waals surface area (Å²) in [6, 6.07) is 13.0. The summed E-state index contributed by atoms with van der Waals surface area (Å²) in [7, 11) is 0. The molecule has 0 unspecified atom stereocenters. The van der Waals surface area contributed by atoms with Crippen molar-refractivity contribution in [1.29, 1.82) is 0 Å². The van der Waals surface area contributed by atoms with Crippen LogP contribution in [0.15, 0.2) is 53.5 Å². The molecular weight excluding hydrogens is 485 g/mol. The Labute approximate surface area is 223 Å². The molecule has 0 aromatic heterocycles. The smallest absolute Gasteiger partial charge is 0.305 e. The summed E-state index contributed by atoms with van der Waals surface area (Å²) in [6.45, 7) is 4.33.